The molecule has 0 atom stereocenters. The number of hydrogen-bond acceptors (Lipinski definition) is 7. The van der Waals surface area contributed by atoms with Gasteiger partial charge in [0.2, 0.25) is 0 Å². The Morgan fingerprint density at radius 3 is 2.63 bits per heavy atom. The average molecular weight is 529 g/mol. The number of hydrogen-bond donors (Lipinski definition) is 1. The highest BCUT2D eigenvalue weighted by Gasteiger charge is 2.29. The SMILES string of the molecule is CCOC(=O)c1c(NS(=O)(=O)c2ccc3c(c2)sc(=O)n3Cc2ccccc2)sc2c1CCCC2. The zero-order valence-corrected chi connectivity index (χ0v) is 21.5. The molecule has 0 saturated carbocycles. The maximum absolute atomic E-state index is 13.3. The Morgan fingerprint density at radius 2 is 1.86 bits per heavy atom. The molecule has 0 amide bonds. The molecule has 0 saturated heterocycles. The van der Waals surface area contributed by atoms with E-state index in [0.717, 1.165) is 53.0 Å². The van der Waals surface area contributed by atoms with Crippen LogP contribution < -0.4 is 9.60 Å². The van der Waals surface area contributed by atoms with Crippen LogP contribution in [0.1, 0.15) is 46.1 Å². The Hall–Kier alpha value is -2.95. The number of thiazole rings is 1. The minimum Gasteiger partial charge on any atom is -0.462 e. The fourth-order valence-corrected chi connectivity index (χ4v) is 7.98. The lowest BCUT2D eigenvalue weighted by Crippen LogP contribution is -2.16. The molecule has 2 heterocycles. The summed E-state index contributed by atoms with van der Waals surface area (Å²) in [6, 6.07) is 14.3. The molecule has 35 heavy (non-hydrogen) atoms. The van der Waals surface area contributed by atoms with E-state index in [1.807, 2.05) is 30.3 Å². The molecule has 0 fully saturated rings. The van der Waals surface area contributed by atoms with Crippen LogP contribution in [0.5, 0.6) is 0 Å². The number of nitrogens with zero attached hydrogens (tertiary/aromatic N) is 1. The van der Waals surface area contributed by atoms with Crippen LogP contribution in [0.25, 0.3) is 10.2 Å². The highest BCUT2D eigenvalue weighted by Crippen LogP contribution is 2.39. The Kier molecular flexibility index (Phi) is 6.52. The summed E-state index contributed by atoms with van der Waals surface area (Å²) in [5.41, 5.74) is 2.89. The number of carbonyl (C=O) groups excluding carboxylic acids is 1. The van der Waals surface area contributed by atoms with Gasteiger partial charge in [0.15, 0.2) is 0 Å². The van der Waals surface area contributed by atoms with Gasteiger partial charge >= 0.3 is 10.8 Å². The van der Waals surface area contributed by atoms with Crippen molar-refractivity contribution in [1.29, 1.82) is 0 Å². The van der Waals surface area contributed by atoms with Gasteiger partial charge in [0.05, 0.1) is 33.8 Å². The fourth-order valence-electron chi connectivity index (χ4n) is 4.37. The number of esters is 1. The number of sulfonamides is 1. The molecule has 1 aliphatic rings. The topological polar surface area (TPSA) is 94.5 Å². The van der Waals surface area contributed by atoms with Crippen molar-refractivity contribution >= 4 is 53.9 Å². The molecular formula is C25H24N2O5S3. The van der Waals surface area contributed by atoms with E-state index < -0.39 is 16.0 Å². The van der Waals surface area contributed by atoms with Gasteiger partial charge in [0.1, 0.15) is 5.00 Å². The number of thiophene rings is 1. The van der Waals surface area contributed by atoms with Crippen LogP contribution in [0.3, 0.4) is 0 Å². The van der Waals surface area contributed by atoms with Crippen molar-refractivity contribution in [2.24, 2.45) is 0 Å². The predicted molar refractivity (Wildman–Crippen MR) is 139 cm³/mol. The standard InChI is InChI=1S/C25H24N2O5S3/c1-2-32-24(28)22-18-10-6-7-11-20(18)33-23(22)26-35(30,31)17-12-13-19-21(14-17)34-25(29)27(19)15-16-8-4-3-5-9-16/h3-5,8-9,12-14,26H,2,6-7,10-11,15H2,1H3. The third-order valence-electron chi connectivity index (χ3n) is 6.01. The molecule has 2 aromatic carbocycles. The highest BCUT2D eigenvalue weighted by molar-refractivity contribution is 7.93. The van der Waals surface area contributed by atoms with Gasteiger partial charge in [0, 0.05) is 4.88 Å². The average Bonchev–Trinajstić information content (AvgIpc) is 3.35. The third-order valence-corrected chi connectivity index (χ3v) is 9.64. The van der Waals surface area contributed by atoms with E-state index in [9.17, 15) is 18.0 Å². The van der Waals surface area contributed by atoms with E-state index in [-0.39, 0.29) is 16.4 Å². The van der Waals surface area contributed by atoms with Crippen molar-refractivity contribution in [3.63, 3.8) is 0 Å². The van der Waals surface area contributed by atoms with Crippen LogP contribution in [0.2, 0.25) is 0 Å². The van der Waals surface area contributed by atoms with Gasteiger partial charge in [-0.25, -0.2) is 13.2 Å². The molecule has 0 radical (unpaired) electrons. The second-order valence-corrected chi connectivity index (χ2v) is 12.1. The normalized spacial score (nSPS) is 13.5. The Bertz CT molecular complexity index is 1570. The van der Waals surface area contributed by atoms with Gasteiger partial charge in [-0.1, -0.05) is 41.7 Å². The number of fused-ring (bicyclic) bond motifs is 2. The molecule has 0 aliphatic heterocycles. The number of aromatic nitrogens is 1. The Labute approximate surface area is 211 Å². The molecule has 1 N–H and O–H groups in total. The summed E-state index contributed by atoms with van der Waals surface area (Å²) in [6.45, 7) is 2.35. The number of benzene rings is 2. The minimum absolute atomic E-state index is 0.0410. The van der Waals surface area contributed by atoms with Crippen molar-refractivity contribution in [1.82, 2.24) is 4.57 Å². The number of rotatable bonds is 7. The lowest BCUT2D eigenvalue weighted by Gasteiger charge is -2.12. The molecule has 5 rings (SSSR count). The molecule has 182 valence electrons. The summed E-state index contributed by atoms with van der Waals surface area (Å²) in [7, 11) is -3.99. The molecule has 4 aromatic rings. The number of anilines is 1. The van der Waals surface area contributed by atoms with Gasteiger partial charge in [-0.2, -0.15) is 0 Å². The number of aryl methyl sites for hydroxylation is 1. The molecule has 0 unspecified atom stereocenters. The van der Waals surface area contributed by atoms with Gasteiger partial charge in [0.25, 0.3) is 10.0 Å². The molecule has 0 bridgehead atoms. The lowest BCUT2D eigenvalue weighted by molar-refractivity contribution is 0.0526. The zero-order chi connectivity index (χ0) is 24.6. The zero-order valence-electron chi connectivity index (χ0n) is 19.1. The monoisotopic (exact) mass is 528 g/mol. The van der Waals surface area contributed by atoms with Crippen LogP contribution in [-0.2, 0) is 34.1 Å². The van der Waals surface area contributed by atoms with Crippen molar-refractivity contribution in [3.05, 3.63) is 79.8 Å². The smallest absolute Gasteiger partial charge is 0.341 e. The van der Waals surface area contributed by atoms with Crippen LogP contribution in [-0.4, -0.2) is 25.6 Å². The summed E-state index contributed by atoms with van der Waals surface area (Å²) in [4.78, 5) is 26.3. The first-order valence-corrected chi connectivity index (χ1v) is 14.5. The summed E-state index contributed by atoms with van der Waals surface area (Å²) in [5, 5.41) is 0.297. The van der Waals surface area contributed by atoms with Crippen LogP contribution in [0.15, 0.2) is 58.2 Å². The molecule has 7 nitrogen and oxygen atoms in total. The summed E-state index contributed by atoms with van der Waals surface area (Å²) >= 11 is 2.32. The first-order valence-electron chi connectivity index (χ1n) is 11.4. The van der Waals surface area contributed by atoms with E-state index in [4.69, 9.17) is 4.74 Å². The maximum Gasteiger partial charge on any atom is 0.341 e. The van der Waals surface area contributed by atoms with Crippen LogP contribution in [0, 0.1) is 0 Å². The van der Waals surface area contributed by atoms with Gasteiger partial charge in [-0.15, -0.1) is 11.3 Å². The number of nitrogens with one attached hydrogen (secondary N) is 1. The highest BCUT2D eigenvalue weighted by atomic mass is 32.2. The quantitative estimate of drug-likeness (QED) is 0.340. The first kappa shape index (κ1) is 23.8. The maximum atomic E-state index is 13.3. The van der Waals surface area contributed by atoms with Gasteiger partial charge in [-0.3, -0.25) is 14.1 Å². The first-order chi connectivity index (χ1) is 16.9. The second kappa shape index (κ2) is 9.60. The summed E-state index contributed by atoms with van der Waals surface area (Å²) in [6.07, 6.45) is 3.52. The van der Waals surface area contributed by atoms with Crippen molar-refractivity contribution in [3.8, 4) is 0 Å². The van der Waals surface area contributed by atoms with Crippen molar-refractivity contribution < 1.29 is 17.9 Å². The molecular weight excluding hydrogens is 504 g/mol. The summed E-state index contributed by atoms with van der Waals surface area (Å²) < 4.78 is 36.8. The Morgan fingerprint density at radius 1 is 1.09 bits per heavy atom. The molecule has 2 aromatic heterocycles. The molecule has 1 aliphatic carbocycles. The third kappa shape index (κ3) is 4.65. The largest absolute Gasteiger partial charge is 0.462 e. The predicted octanol–water partition coefficient (Wildman–Crippen LogP) is 5.03. The van der Waals surface area contributed by atoms with E-state index in [1.54, 1.807) is 17.6 Å². The van der Waals surface area contributed by atoms with Crippen LogP contribution >= 0.6 is 22.7 Å². The second-order valence-electron chi connectivity index (χ2n) is 8.31. The Balaban J connectivity index is 1.49. The van der Waals surface area contributed by atoms with E-state index in [0.29, 0.717) is 27.3 Å². The van der Waals surface area contributed by atoms with Crippen molar-refractivity contribution in [2.75, 3.05) is 11.3 Å². The van der Waals surface area contributed by atoms with Gasteiger partial charge in [-0.05, 0) is 61.9 Å². The minimum atomic E-state index is -3.99. The van der Waals surface area contributed by atoms with E-state index in [1.165, 1.54) is 23.5 Å². The molecule has 10 heteroatoms. The molecule has 0 spiro atoms. The van der Waals surface area contributed by atoms with Gasteiger partial charge < -0.3 is 4.74 Å². The van der Waals surface area contributed by atoms with Crippen molar-refractivity contribution in [2.45, 2.75) is 44.0 Å². The lowest BCUT2D eigenvalue weighted by atomic mass is 9.95. The number of carbonyl (C=O) groups is 1. The summed E-state index contributed by atoms with van der Waals surface area (Å²) in [5.74, 6) is -0.503. The van der Waals surface area contributed by atoms with E-state index in [2.05, 4.69) is 4.72 Å². The fraction of sp³-hybridized carbons (Fsp3) is 0.280. The van der Waals surface area contributed by atoms with Crippen LogP contribution in [0.4, 0.5) is 5.00 Å². The van der Waals surface area contributed by atoms with E-state index >= 15 is 0 Å². The number of ether oxygens (including phenoxy) is 1.